The van der Waals surface area contributed by atoms with E-state index in [1.54, 1.807) is 22.5 Å². The van der Waals surface area contributed by atoms with Gasteiger partial charge in [-0.2, -0.15) is 0 Å². The highest BCUT2D eigenvalue weighted by Crippen LogP contribution is 2.41. The summed E-state index contributed by atoms with van der Waals surface area (Å²) in [7, 11) is 0. The van der Waals surface area contributed by atoms with E-state index >= 15 is 0 Å². The first-order chi connectivity index (χ1) is 11.4. The van der Waals surface area contributed by atoms with Crippen LogP contribution in [0.5, 0.6) is 0 Å². The van der Waals surface area contributed by atoms with Gasteiger partial charge in [-0.1, -0.05) is 26.0 Å². The molecule has 132 valence electrons. The van der Waals surface area contributed by atoms with Crippen molar-refractivity contribution in [2.45, 2.75) is 39.5 Å². The van der Waals surface area contributed by atoms with Crippen molar-refractivity contribution in [2.24, 2.45) is 11.3 Å². The maximum atomic E-state index is 12.9. The fourth-order valence-electron chi connectivity index (χ4n) is 3.58. The van der Waals surface area contributed by atoms with Crippen molar-refractivity contribution in [3.05, 3.63) is 35.6 Å². The van der Waals surface area contributed by atoms with Crippen LogP contribution in [0.4, 0.5) is 4.39 Å². The van der Waals surface area contributed by atoms with Gasteiger partial charge >= 0.3 is 0 Å². The Bertz CT molecular complexity index is 588. The van der Waals surface area contributed by atoms with Crippen molar-refractivity contribution < 1.29 is 19.2 Å². The second-order valence-corrected chi connectivity index (χ2v) is 7.01. The summed E-state index contributed by atoms with van der Waals surface area (Å²) in [6.45, 7) is 5.19. The Hall–Kier alpha value is -1.95. The number of halogens is 1. The van der Waals surface area contributed by atoms with Gasteiger partial charge in [-0.15, -0.1) is 0 Å². The van der Waals surface area contributed by atoms with E-state index in [0.717, 1.165) is 5.56 Å². The summed E-state index contributed by atoms with van der Waals surface area (Å²) in [4.78, 5) is 26.3. The molecule has 1 aromatic rings. The molecule has 6 heteroatoms. The Labute approximate surface area is 141 Å². The molecular weight excluding hydrogens is 311 g/mol. The minimum absolute atomic E-state index is 0.00750. The van der Waals surface area contributed by atoms with Crippen molar-refractivity contribution in [1.29, 1.82) is 0 Å². The second kappa shape index (κ2) is 7.75. The lowest BCUT2D eigenvalue weighted by atomic mass is 9.76. The molecule has 2 rings (SSSR count). The Morgan fingerprint density at radius 3 is 2.62 bits per heavy atom. The van der Waals surface area contributed by atoms with E-state index in [4.69, 9.17) is 5.21 Å². The van der Waals surface area contributed by atoms with Crippen LogP contribution in [0, 0.1) is 17.2 Å². The third-order valence-electron chi connectivity index (χ3n) is 4.61. The largest absolute Gasteiger partial charge is 0.342 e. The number of rotatable bonds is 7. The molecule has 0 aromatic heterocycles. The number of likely N-dealkylation sites (tertiary alicyclic amines) is 1. The summed E-state index contributed by atoms with van der Waals surface area (Å²) in [6, 6.07) is 6.26. The molecule has 24 heavy (non-hydrogen) atoms. The molecule has 1 aromatic carbocycles. The first-order valence-corrected chi connectivity index (χ1v) is 8.33. The summed E-state index contributed by atoms with van der Waals surface area (Å²) >= 11 is 0. The van der Waals surface area contributed by atoms with E-state index in [2.05, 4.69) is 0 Å². The molecule has 0 aliphatic carbocycles. The van der Waals surface area contributed by atoms with Crippen molar-refractivity contribution in [1.82, 2.24) is 10.4 Å². The highest BCUT2D eigenvalue weighted by Gasteiger charge is 2.47. The molecule has 1 atom stereocenters. The van der Waals surface area contributed by atoms with Gasteiger partial charge < -0.3 is 4.90 Å². The summed E-state index contributed by atoms with van der Waals surface area (Å²) in [5, 5.41) is 8.82. The van der Waals surface area contributed by atoms with E-state index in [-0.39, 0.29) is 24.1 Å². The SMILES string of the molecule is CC(C)CC1(CC(=O)NO)CCN(CCc2ccc(F)cc2)C1=O. The summed E-state index contributed by atoms with van der Waals surface area (Å²) in [5.41, 5.74) is 1.88. The number of nitrogens with zero attached hydrogens (tertiary/aromatic N) is 1. The predicted molar refractivity (Wildman–Crippen MR) is 87.7 cm³/mol. The minimum Gasteiger partial charge on any atom is -0.342 e. The van der Waals surface area contributed by atoms with Crippen molar-refractivity contribution in [2.75, 3.05) is 13.1 Å². The van der Waals surface area contributed by atoms with E-state index in [0.29, 0.717) is 32.4 Å². The molecular formula is C18H25FN2O3. The lowest BCUT2D eigenvalue weighted by Gasteiger charge is -2.28. The standard InChI is InChI=1S/C18H25FN2O3/c1-13(2)11-18(12-16(22)20-24)8-10-21(17(18)23)9-7-14-3-5-15(19)6-4-14/h3-6,13,24H,7-12H2,1-2H3,(H,20,22). The molecule has 0 saturated carbocycles. The third kappa shape index (κ3) is 4.32. The Balaban J connectivity index is 2.04. The summed E-state index contributed by atoms with van der Waals surface area (Å²) < 4.78 is 12.9. The van der Waals surface area contributed by atoms with Crippen molar-refractivity contribution in [3.63, 3.8) is 0 Å². The summed E-state index contributed by atoms with van der Waals surface area (Å²) in [6.07, 6.45) is 1.89. The monoisotopic (exact) mass is 336 g/mol. The number of hydrogen-bond acceptors (Lipinski definition) is 3. The fraction of sp³-hybridized carbons (Fsp3) is 0.556. The molecule has 1 fully saturated rings. The van der Waals surface area contributed by atoms with E-state index in [9.17, 15) is 14.0 Å². The van der Waals surface area contributed by atoms with Crippen molar-refractivity contribution >= 4 is 11.8 Å². The van der Waals surface area contributed by atoms with Gasteiger partial charge in [0.2, 0.25) is 11.8 Å². The van der Waals surface area contributed by atoms with Crippen LogP contribution in [0.2, 0.25) is 0 Å². The van der Waals surface area contributed by atoms with Gasteiger partial charge in [-0.25, -0.2) is 9.87 Å². The molecule has 1 heterocycles. The van der Waals surface area contributed by atoms with E-state index in [1.807, 2.05) is 13.8 Å². The zero-order valence-corrected chi connectivity index (χ0v) is 14.2. The van der Waals surface area contributed by atoms with E-state index in [1.165, 1.54) is 12.1 Å². The fourth-order valence-corrected chi connectivity index (χ4v) is 3.58. The smallest absolute Gasteiger partial charge is 0.244 e. The first kappa shape index (κ1) is 18.4. The van der Waals surface area contributed by atoms with Gasteiger partial charge in [-0.3, -0.25) is 14.8 Å². The Kier molecular flexibility index (Phi) is 5.94. The molecule has 1 unspecified atom stereocenters. The number of nitrogens with one attached hydrogen (secondary N) is 1. The normalized spacial score (nSPS) is 20.7. The highest BCUT2D eigenvalue weighted by atomic mass is 19.1. The number of hydroxylamine groups is 1. The van der Waals surface area contributed by atoms with Crippen LogP contribution in [0.1, 0.15) is 38.7 Å². The zero-order valence-electron chi connectivity index (χ0n) is 14.2. The number of benzene rings is 1. The van der Waals surface area contributed by atoms with Crippen LogP contribution in [0.3, 0.4) is 0 Å². The minimum atomic E-state index is -0.732. The van der Waals surface area contributed by atoms with Crippen LogP contribution in [-0.2, 0) is 16.0 Å². The lowest BCUT2D eigenvalue weighted by molar-refractivity contribution is -0.143. The average molecular weight is 336 g/mol. The maximum Gasteiger partial charge on any atom is 0.244 e. The van der Waals surface area contributed by atoms with Crippen LogP contribution in [0.15, 0.2) is 24.3 Å². The van der Waals surface area contributed by atoms with Crippen LogP contribution in [0.25, 0.3) is 0 Å². The van der Waals surface area contributed by atoms with E-state index < -0.39 is 11.3 Å². The molecule has 0 spiro atoms. The summed E-state index contributed by atoms with van der Waals surface area (Å²) in [5.74, 6) is -0.550. The Morgan fingerprint density at radius 2 is 2.04 bits per heavy atom. The molecule has 0 bridgehead atoms. The molecule has 1 aliphatic rings. The van der Waals surface area contributed by atoms with Gasteiger partial charge in [0, 0.05) is 19.5 Å². The average Bonchev–Trinajstić information content (AvgIpc) is 2.82. The first-order valence-electron chi connectivity index (χ1n) is 8.33. The predicted octanol–water partition coefficient (Wildman–Crippen LogP) is 2.53. The third-order valence-corrected chi connectivity index (χ3v) is 4.61. The van der Waals surface area contributed by atoms with Gasteiger partial charge in [0.15, 0.2) is 0 Å². The molecule has 2 N–H and O–H groups in total. The van der Waals surface area contributed by atoms with Crippen LogP contribution in [-0.4, -0.2) is 35.0 Å². The maximum absolute atomic E-state index is 12.9. The van der Waals surface area contributed by atoms with Gasteiger partial charge in [0.05, 0.1) is 5.41 Å². The zero-order chi connectivity index (χ0) is 17.7. The molecule has 1 aliphatic heterocycles. The lowest BCUT2D eigenvalue weighted by Crippen LogP contribution is -2.40. The number of carbonyl (C=O) groups excluding carboxylic acids is 2. The molecule has 0 radical (unpaired) electrons. The number of hydrogen-bond donors (Lipinski definition) is 2. The van der Waals surface area contributed by atoms with Gasteiger partial charge in [0.1, 0.15) is 5.82 Å². The van der Waals surface area contributed by atoms with Gasteiger partial charge in [0.25, 0.3) is 0 Å². The van der Waals surface area contributed by atoms with Crippen molar-refractivity contribution in [3.8, 4) is 0 Å². The molecule has 2 amide bonds. The number of amides is 2. The van der Waals surface area contributed by atoms with Crippen LogP contribution >= 0.6 is 0 Å². The Morgan fingerprint density at radius 1 is 1.38 bits per heavy atom. The molecule has 5 nitrogen and oxygen atoms in total. The topological polar surface area (TPSA) is 69.6 Å². The molecule has 1 saturated heterocycles. The quantitative estimate of drug-likeness (QED) is 0.594. The second-order valence-electron chi connectivity index (χ2n) is 7.01. The van der Waals surface area contributed by atoms with Gasteiger partial charge in [-0.05, 0) is 42.9 Å². The van der Waals surface area contributed by atoms with Crippen LogP contribution < -0.4 is 5.48 Å². The number of carbonyl (C=O) groups is 2. The highest BCUT2D eigenvalue weighted by molar-refractivity contribution is 5.90.